The lowest BCUT2D eigenvalue weighted by molar-refractivity contribution is 0.102. The predicted octanol–water partition coefficient (Wildman–Crippen LogP) is 5.55. The second-order valence-corrected chi connectivity index (χ2v) is 8.98. The van der Waals surface area contributed by atoms with Gasteiger partial charge in [-0.3, -0.25) is 14.6 Å². The van der Waals surface area contributed by atoms with Crippen LogP contribution >= 0.6 is 0 Å². The molecular formula is C29H24F2N4O6. The van der Waals surface area contributed by atoms with Crippen molar-refractivity contribution in [1.82, 2.24) is 14.5 Å². The average molecular weight is 563 g/mol. The number of halogens is 2. The molecule has 10 nitrogen and oxygen atoms in total. The lowest BCUT2D eigenvalue weighted by Crippen LogP contribution is -2.28. The Balaban J connectivity index is 1.48. The molecule has 5 aromatic rings. The normalized spacial score (nSPS) is 11.0. The van der Waals surface area contributed by atoms with E-state index in [9.17, 15) is 9.59 Å². The molecule has 0 radical (unpaired) electrons. The monoisotopic (exact) mass is 562 g/mol. The van der Waals surface area contributed by atoms with Crippen LogP contribution in [0.2, 0.25) is 0 Å². The minimum absolute atomic E-state index is 0.0790. The maximum atomic E-state index is 15.2. The molecule has 0 aliphatic heterocycles. The van der Waals surface area contributed by atoms with E-state index in [1.807, 2.05) is 0 Å². The summed E-state index contributed by atoms with van der Waals surface area (Å²) in [6.45, 7) is 3.30. The first-order valence-electron chi connectivity index (χ1n) is 12.2. The second-order valence-electron chi connectivity index (χ2n) is 8.98. The highest BCUT2D eigenvalue weighted by molar-refractivity contribution is 6.05. The summed E-state index contributed by atoms with van der Waals surface area (Å²) in [5.41, 5.74) is 0.381. The molecule has 12 heteroatoms. The fourth-order valence-corrected chi connectivity index (χ4v) is 4.41. The molecule has 1 N–H and O–H groups in total. The molecule has 4 heterocycles. The van der Waals surface area contributed by atoms with E-state index in [-0.39, 0.29) is 34.0 Å². The fourth-order valence-electron chi connectivity index (χ4n) is 4.41. The van der Waals surface area contributed by atoms with Crippen molar-refractivity contribution < 1.29 is 32.2 Å². The smallest absolute Gasteiger partial charge is 0.261 e. The number of pyridine rings is 3. The molecule has 0 saturated carbocycles. The van der Waals surface area contributed by atoms with Gasteiger partial charge in [0.2, 0.25) is 5.43 Å². The van der Waals surface area contributed by atoms with Crippen LogP contribution in [-0.4, -0.2) is 34.7 Å². The van der Waals surface area contributed by atoms with Crippen LogP contribution in [0.4, 0.5) is 14.5 Å². The van der Waals surface area contributed by atoms with Crippen molar-refractivity contribution >= 4 is 22.6 Å². The van der Waals surface area contributed by atoms with Crippen LogP contribution in [0.25, 0.3) is 22.4 Å². The molecule has 210 valence electrons. The Morgan fingerprint density at radius 2 is 1.78 bits per heavy atom. The van der Waals surface area contributed by atoms with Crippen molar-refractivity contribution in [3.8, 4) is 34.5 Å². The molecule has 4 aromatic heterocycles. The third kappa shape index (κ3) is 4.84. The van der Waals surface area contributed by atoms with Crippen LogP contribution in [0.5, 0.6) is 23.1 Å². The van der Waals surface area contributed by atoms with Crippen molar-refractivity contribution in [1.29, 1.82) is 0 Å². The van der Waals surface area contributed by atoms with Gasteiger partial charge in [0, 0.05) is 48.9 Å². The Labute approximate surface area is 232 Å². The highest BCUT2D eigenvalue weighted by Crippen LogP contribution is 2.36. The Bertz CT molecular complexity index is 1870. The number of hydrogen-bond acceptors (Lipinski definition) is 8. The van der Waals surface area contributed by atoms with E-state index in [1.54, 1.807) is 43.7 Å². The molecule has 0 bridgehead atoms. The Morgan fingerprint density at radius 1 is 1.00 bits per heavy atom. The van der Waals surface area contributed by atoms with Gasteiger partial charge >= 0.3 is 0 Å². The zero-order valence-electron chi connectivity index (χ0n) is 22.7. The summed E-state index contributed by atoms with van der Waals surface area (Å²) in [5, 5.41) is 2.31. The van der Waals surface area contributed by atoms with Gasteiger partial charge in [-0.1, -0.05) is 0 Å². The molecule has 0 unspecified atom stereocenters. The number of furan rings is 1. The number of carbonyl (C=O) groups is 1. The van der Waals surface area contributed by atoms with Crippen LogP contribution < -0.4 is 25.0 Å². The molecule has 0 atom stereocenters. The van der Waals surface area contributed by atoms with Crippen molar-refractivity contribution in [2.75, 3.05) is 19.5 Å². The molecule has 41 heavy (non-hydrogen) atoms. The van der Waals surface area contributed by atoms with Crippen LogP contribution in [0.1, 0.15) is 21.7 Å². The van der Waals surface area contributed by atoms with E-state index in [0.717, 1.165) is 12.1 Å². The van der Waals surface area contributed by atoms with Crippen LogP contribution in [-0.2, 0) is 7.05 Å². The topological polar surface area (TPSA) is 118 Å². The Hall–Kier alpha value is -5.26. The largest absolute Gasteiger partial charge is 0.491 e. The zero-order chi connectivity index (χ0) is 29.4. The number of carbonyl (C=O) groups excluding carboxylic acids is 1. The maximum Gasteiger partial charge on any atom is 0.261 e. The standard InChI is InChI=1S/C29H24F2N4O6/c1-14-24(20-7-6-10-40-20)27(36)25(15(2)35(14)3)28(37)33-18-11-17(31)22(12-16(18)30)41-21-8-9-32-19-13-23(38-4)29(39-5)34-26(19)21/h6-13H,1-5H3,(H,33,37). The molecule has 0 spiro atoms. The summed E-state index contributed by atoms with van der Waals surface area (Å²) in [5.74, 6) is -2.50. The van der Waals surface area contributed by atoms with Gasteiger partial charge in [0.1, 0.15) is 16.8 Å². The van der Waals surface area contributed by atoms with Crippen molar-refractivity contribution in [3.05, 3.63) is 87.7 Å². The number of methoxy groups -OCH3 is 2. The third-order valence-corrected chi connectivity index (χ3v) is 6.69. The van der Waals surface area contributed by atoms with Crippen molar-refractivity contribution in [2.45, 2.75) is 13.8 Å². The molecular weight excluding hydrogens is 538 g/mol. The van der Waals surface area contributed by atoms with E-state index < -0.39 is 34.4 Å². The molecule has 1 aromatic carbocycles. The van der Waals surface area contributed by atoms with E-state index in [2.05, 4.69) is 15.3 Å². The van der Waals surface area contributed by atoms with E-state index in [4.69, 9.17) is 18.6 Å². The SMILES string of the molecule is COc1cc2nccc(Oc3cc(F)c(NC(=O)c4c(C)n(C)c(C)c(-c5ccco5)c4=O)cc3F)c2nc1OC. The number of ether oxygens (including phenoxy) is 3. The minimum Gasteiger partial charge on any atom is -0.491 e. The number of nitrogens with one attached hydrogen (secondary N) is 1. The molecule has 0 saturated heterocycles. The zero-order valence-corrected chi connectivity index (χ0v) is 22.7. The Morgan fingerprint density at radius 3 is 2.46 bits per heavy atom. The number of hydrogen-bond donors (Lipinski definition) is 1. The Kier molecular flexibility index (Phi) is 7.14. The van der Waals surface area contributed by atoms with Gasteiger partial charge in [-0.25, -0.2) is 13.8 Å². The molecule has 0 fully saturated rings. The van der Waals surface area contributed by atoms with E-state index >= 15 is 8.78 Å². The van der Waals surface area contributed by atoms with Gasteiger partial charge < -0.3 is 28.5 Å². The van der Waals surface area contributed by atoms with E-state index in [0.29, 0.717) is 22.7 Å². The summed E-state index contributed by atoms with van der Waals surface area (Å²) in [7, 11) is 4.53. The summed E-state index contributed by atoms with van der Waals surface area (Å²) in [4.78, 5) is 35.1. The maximum absolute atomic E-state index is 15.2. The summed E-state index contributed by atoms with van der Waals surface area (Å²) < 4.78 is 53.5. The number of fused-ring (bicyclic) bond motifs is 1. The first kappa shape index (κ1) is 27.3. The lowest BCUT2D eigenvalue weighted by Gasteiger charge is -2.17. The van der Waals surface area contributed by atoms with Crippen LogP contribution in [0, 0.1) is 25.5 Å². The lowest BCUT2D eigenvalue weighted by atomic mass is 10.0. The third-order valence-electron chi connectivity index (χ3n) is 6.69. The summed E-state index contributed by atoms with van der Waals surface area (Å²) >= 11 is 0. The molecule has 5 rings (SSSR count). The van der Waals surface area contributed by atoms with Gasteiger partial charge in [0.05, 0.1) is 37.3 Å². The fraction of sp³-hybridized carbons (Fsp3) is 0.172. The van der Waals surface area contributed by atoms with Crippen LogP contribution in [0.3, 0.4) is 0 Å². The van der Waals surface area contributed by atoms with Crippen LogP contribution in [0.15, 0.2) is 58.1 Å². The summed E-state index contributed by atoms with van der Waals surface area (Å²) in [6.07, 6.45) is 2.82. The number of aromatic nitrogens is 3. The first-order chi connectivity index (χ1) is 19.6. The van der Waals surface area contributed by atoms with Gasteiger partial charge in [-0.05, 0) is 26.0 Å². The highest BCUT2D eigenvalue weighted by atomic mass is 19.1. The van der Waals surface area contributed by atoms with Gasteiger partial charge in [-0.2, -0.15) is 0 Å². The van der Waals surface area contributed by atoms with E-state index in [1.165, 1.54) is 32.7 Å². The number of nitrogens with zero attached hydrogens (tertiary/aromatic N) is 3. The molecule has 1 amide bonds. The number of benzene rings is 1. The quantitative estimate of drug-likeness (QED) is 0.275. The summed E-state index contributed by atoms with van der Waals surface area (Å²) in [6, 6.07) is 7.77. The average Bonchev–Trinajstić information content (AvgIpc) is 3.48. The molecule has 0 aliphatic carbocycles. The predicted molar refractivity (Wildman–Crippen MR) is 146 cm³/mol. The highest BCUT2D eigenvalue weighted by Gasteiger charge is 2.25. The molecule has 0 aliphatic rings. The van der Waals surface area contributed by atoms with Gasteiger partial charge in [0.25, 0.3) is 11.8 Å². The van der Waals surface area contributed by atoms with Crippen molar-refractivity contribution in [2.24, 2.45) is 7.05 Å². The second kappa shape index (κ2) is 10.7. The first-order valence-corrected chi connectivity index (χ1v) is 12.2. The van der Waals surface area contributed by atoms with Crippen molar-refractivity contribution in [3.63, 3.8) is 0 Å². The number of amides is 1. The van der Waals surface area contributed by atoms with Gasteiger partial charge in [0.15, 0.2) is 28.9 Å². The minimum atomic E-state index is -0.992. The van der Waals surface area contributed by atoms with Gasteiger partial charge in [-0.15, -0.1) is 0 Å². The number of rotatable bonds is 7. The number of anilines is 1.